The van der Waals surface area contributed by atoms with Gasteiger partial charge in [-0.05, 0) is 43.1 Å². The fourth-order valence-electron chi connectivity index (χ4n) is 3.65. The molecule has 0 aliphatic rings. The highest BCUT2D eigenvalue weighted by Gasteiger charge is 2.12. The summed E-state index contributed by atoms with van der Waals surface area (Å²) in [6.45, 7) is 10.4. The zero-order valence-corrected chi connectivity index (χ0v) is 18.1. The van der Waals surface area contributed by atoms with E-state index in [0.717, 1.165) is 42.7 Å². The van der Waals surface area contributed by atoms with Gasteiger partial charge >= 0.3 is 0 Å². The van der Waals surface area contributed by atoms with Crippen molar-refractivity contribution in [2.75, 3.05) is 13.2 Å². The molecule has 0 atom stereocenters. The average Bonchev–Trinajstić information content (AvgIpc) is 3.18. The van der Waals surface area contributed by atoms with E-state index in [2.05, 4.69) is 77.5 Å². The highest BCUT2D eigenvalue weighted by atomic mass is 16.5. The third-order valence-corrected chi connectivity index (χ3v) is 5.02. The van der Waals surface area contributed by atoms with E-state index in [-0.39, 0.29) is 0 Å². The summed E-state index contributed by atoms with van der Waals surface area (Å²) in [5.41, 5.74) is 4.80. The van der Waals surface area contributed by atoms with Crippen molar-refractivity contribution in [3.8, 4) is 5.75 Å². The molecule has 30 heavy (non-hydrogen) atoms. The van der Waals surface area contributed by atoms with Crippen molar-refractivity contribution >= 4 is 21.8 Å². The van der Waals surface area contributed by atoms with Crippen molar-refractivity contribution in [2.24, 2.45) is 0 Å². The Hall–Kier alpha value is -3.04. The van der Waals surface area contributed by atoms with E-state index in [1.165, 1.54) is 21.9 Å². The Bertz CT molecular complexity index is 1070. The van der Waals surface area contributed by atoms with E-state index >= 15 is 0 Å². The van der Waals surface area contributed by atoms with E-state index in [1.54, 1.807) is 0 Å². The molecule has 3 heteroatoms. The molecule has 156 valence electrons. The maximum absolute atomic E-state index is 6.14. The maximum Gasteiger partial charge on any atom is 0.124 e. The lowest BCUT2D eigenvalue weighted by Crippen LogP contribution is -2.17. The number of rotatable bonds is 9. The minimum atomic E-state index is 0.692. The first kappa shape index (κ1) is 21.7. The summed E-state index contributed by atoms with van der Waals surface area (Å²) in [6.07, 6.45) is 3.69. The van der Waals surface area contributed by atoms with Gasteiger partial charge in [-0.3, -0.25) is 0 Å². The van der Waals surface area contributed by atoms with Gasteiger partial charge in [-0.1, -0.05) is 68.5 Å². The molecule has 0 aliphatic carbocycles. The smallest absolute Gasteiger partial charge is 0.124 e. The second-order valence-electron chi connectivity index (χ2n) is 6.99. The van der Waals surface area contributed by atoms with Crippen LogP contribution < -0.4 is 10.1 Å². The number of hydrogen-bond acceptors (Lipinski definition) is 2. The number of aromatic nitrogens is 1. The van der Waals surface area contributed by atoms with E-state index < -0.39 is 0 Å². The van der Waals surface area contributed by atoms with Gasteiger partial charge in [0.1, 0.15) is 5.75 Å². The lowest BCUT2D eigenvalue weighted by molar-refractivity contribution is 0.306. The first-order valence-electron chi connectivity index (χ1n) is 10.9. The number of ether oxygens (including phenoxy) is 1. The third kappa shape index (κ3) is 5.11. The Labute approximate surface area is 179 Å². The predicted octanol–water partition coefficient (Wildman–Crippen LogP) is 6.63. The van der Waals surface area contributed by atoms with Crippen molar-refractivity contribution in [3.63, 3.8) is 0 Å². The molecular weight excluding hydrogens is 368 g/mol. The molecule has 3 nitrogen and oxygen atoms in total. The Kier molecular flexibility index (Phi) is 8.10. The lowest BCUT2D eigenvalue weighted by atomic mass is 10.1. The van der Waals surface area contributed by atoms with Gasteiger partial charge in [0.25, 0.3) is 0 Å². The van der Waals surface area contributed by atoms with Gasteiger partial charge in [-0.2, -0.15) is 0 Å². The molecule has 2 N–H and O–H groups in total. The lowest BCUT2D eigenvalue weighted by Gasteiger charge is -2.12. The van der Waals surface area contributed by atoms with Gasteiger partial charge < -0.3 is 15.0 Å². The monoisotopic (exact) mass is 400 g/mol. The van der Waals surface area contributed by atoms with Crippen molar-refractivity contribution in [2.45, 2.75) is 33.2 Å². The molecule has 0 aliphatic heterocycles. The first-order chi connectivity index (χ1) is 14.9. The number of hydrogen-bond donors (Lipinski definition) is 2. The number of benzene rings is 3. The Balaban J connectivity index is 0.00000124. The number of aromatic amines is 1. The third-order valence-electron chi connectivity index (χ3n) is 5.02. The summed E-state index contributed by atoms with van der Waals surface area (Å²) in [5, 5.41) is 5.96. The van der Waals surface area contributed by atoms with Gasteiger partial charge in [0.15, 0.2) is 0 Å². The molecule has 1 aromatic heterocycles. The van der Waals surface area contributed by atoms with Gasteiger partial charge in [-0.15, -0.1) is 6.58 Å². The quantitative estimate of drug-likeness (QED) is 0.244. The zero-order chi connectivity index (χ0) is 21.2. The van der Waals surface area contributed by atoms with Gasteiger partial charge in [0, 0.05) is 28.4 Å². The van der Waals surface area contributed by atoms with Gasteiger partial charge in [-0.25, -0.2) is 0 Å². The van der Waals surface area contributed by atoms with Gasteiger partial charge in [0.2, 0.25) is 0 Å². The maximum atomic E-state index is 6.14. The minimum Gasteiger partial charge on any atom is -0.493 e. The second-order valence-corrected chi connectivity index (χ2v) is 6.99. The van der Waals surface area contributed by atoms with Crippen LogP contribution in [0.5, 0.6) is 5.75 Å². The van der Waals surface area contributed by atoms with Crippen LogP contribution in [-0.2, 0) is 13.0 Å². The van der Waals surface area contributed by atoms with Gasteiger partial charge in [0.05, 0.1) is 12.1 Å². The summed E-state index contributed by atoms with van der Waals surface area (Å²) in [7, 11) is 0. The van der Waals surface area contributed by atoms with Crippen LogP contribution in [0.4, 0.5) is 0 Å². The second kappa shape index (κ2) is 11.2. The van der Waals surface area contributed by atoms with Crippen LogP contribution in [0.15, 0.2) is 79.4 Å². The average molecular weight is 401 g/mol. The summed E-state index contributed by atoms with van der Waals surface area (Å²) >= 11 is 0. The molecule has 0 fully saturated rings. The Morgan fingerprint density at radius 3 is 2.50 bits per heavy atom. The van der Waals surface area contributed by atoms with Crippen molar-refractivity contribution in [3.05, 3.63) is 90.5 Å². The Morgan fingerprint density at radius 1 is 0.933 bits per heavy atom. The van der Waals surface area contributed by atoms with Crippen molar-refractivity contribution in [1.82, 2.24) is 10.3 Å². The number of fused-ring (bicyclic) bond motifs is 3. The first-order valence-corrected chi connectivity index (χ1v) is 10.9. The van der Waals surface area contributed by atoms with Crippen LogP contribution in [-0.4, -0.2) is 18.1 Å². The molecule has 0 unspecified atom stereocenters. The fourth-order valence-corrected chi connectivity index (χ4v) is 3.65. The molecule has 0 radical (unpaired) electrons. The van der Waals surface area contributed by atoms with Crippen LogP contribution in [0.2, 0.25) is 0 Å². The molecule has 1 heterocycles. The summed E-state index contributed by atoms with van der Waals surface area (Å²) in [4.78, 5) is 3.56. The van der Waals surface area contributed by atoms with E-state index in [0.29, 0.717) is 6.61 Å². The molecule has 0 amide bonds. The highest BCUT2D eigenvalue weighted by molar-refractivity contribution is 6.08. The topological polar surface area (TPSA) is 37.0 Å². The predicted molar refractivity (Wildman–Crippen MR) is 129 cm³/mol. The zero-order valence-electron chi connectivity index (χ0n) is 18.1. The minimum absolute atomic E-state index is 0.692. The molecule has 4 aromatic rings. The van der Waals surface area contributed by atoms with Crippen LogP contribution >= 0.6 is 0 Å². The molecule has 0 saturated carbocycles. The van der Waals surface area contributed by atoms with Crippen molar-refractivity contribution in [1.29, 1.82) is 0 Å². The molecule has 0 bridgehead atoms. The number of allylic oxidation sites excluding steroid dienone is 1. The van der Waals surface area contributed by atoms with E-state index in [4.69, 9.17) is 4.74 Å². The SMILES string of the molecule is C=CCc1c(OCCCNCc2ccccc2)ccc2c1[nH]c1ccccc12.CC. The highest BCUT2D eigenvalue weighted by Crippen LogP contribution is 2.33. The normalized spacial score (nSPS) is 10.6. The fraction of sp³-hybridized carbons (Fsp3) is 0.259. The summed E-state index contributed by atoms with van der Waals surface area (Å²) in [6, 6.07) is 23.1. The van der Waals surface area contributed by atoms with Crippen LogP contribution in [0.25, 0.3) is 21.8 Å². The molecule has 3 aromatic carbocycles. The molecular formula is C27H32N2O. The van der Waals surface area contributed by atoms with Crippen molar-refractivity contribution < 1.29 is 4.74 Å². The largest absolute Gasteiger partial charge is 0.493 e. The molecule has 0 saturated heterocycles. The van der Waals surface area contributed by atoms with E-state index in [9.17, 15) is 0 Å². The van der Waals surface area contributed by atoms with E-state index in [1.807, 2.05) is 26.0 Å². The van der Waals surface area contributed by atoms with Crippen LogP contribution in [0.3, 0.4) is 0 Å². The van der Waals surface area contributed by atoms with Crippen LogP contribution in [0, 0.1) is 0 Å². The summed E-state index contributed by atoms with van der Waals surface area (Å²) < 4.78 is 6.14. The summed E-state index contributed by atoms with van der Waals surface area (Å²) in [5.74, 6) is 0.946. The number of nitrogens with one attached hydrogen (secondary N) is 2. The molecule has 4 rings (SSSR count). The number of para-hydroxylation sites is 1. The standard InChI is InChI=1S/C25H26N2O.C2H6/c1-2-9-22-24(28-17-8-16-26-18-19-10-4-3-5-11-19)15-14-21-20-12-6-7-13-23(20)27-25(21)22;1-2/h2-7,10-15,26-27H,1,8-9,16-18H2;1-2H3. The number of H-pyrrole nitrogens is 1. The molecule has 0 spiro atoms. The Morgan fingerprint density at radius 2 is 1.70 bits per heavy atom. The van der Waals surface area contributed by atoms with Crippen LogP contribution in [0.1, 0.15) is 31.4 Å².